The Hall–Kier alpha value is -1.51. The Labute approximate surface area is 108 Å². The third kappa shape index (κ3) is 3.28. The van der Waals surface area contributed by atoms with Crippen molar-refractivity contribution in [2.75, 3.05) is 0 Å². The van der Waals surface area contributed by atoms with Gasteiger partial charge in [-0.15, -0.1) is 0 Å². The van der Waals surface area contributed by atoms with E-state index in [0.29, 0.717) is 12.1 Å². The van der Waals surface area contributed by atoms with Crippen molar-refractivity contribution in [3.8, 4) is 0 Å². The van der Waals surface area contributed by atoms with Crippen LogP contribution in [0.1, 0.15) is 25.1 Å². The van der Waals surface area contributed by atoms with Crippen molar-refractivity contribution in [2.45, 2.75) is 25.8 Å². The number of rotatable bonds is 4. The van der Waals surface area contributed by atoms with Crippen LogP contribution in [0.2, 0.25) is 0 Å². The minimum Gasteiger partial charge on any atom is -0.376 e. The Morgan fingerprint density at radius 2 is 2.11 bits per heavy atom. The quantitative estimate of drug-likeness (QED) is 0.486. The zero-order valence-electron chi connectivity index (χ0n) is 10.5. The highest BCUT2D eigenvalue weighted by Crippen LogP contribution is 2.30. The topological polar surface area (TPSA) is 61.2 Å². The summed E-state index contributed by atoms with van der Waals surface area (Å²) in [4.78, 5) is 0. The average molecular weight is 298 g/mol. The molecule has 108 valence electrons. The van der Waals surface area contributed by atoms with Crippen LogP contribution in [0.4, 0.5) is 13.2 Å². The van der Waals surface area contributed by atoms with Crippen LogP contribution in [0, 0.1) is 0 Å². The van der Waals surface area contributed by atoms with Crippen LogP contribution in [0.5, 0.6) is 0 Å². The van der Waals surface area contributed by atoms with Crippen molar-refractivity contribution in [1.29, 1.82) is 0 Å². The Morgan fingerprint density at radius 3 is 2.53 bits per heavy atom. The lowest BCUT2D eigenvalue weighted by atomic mass is 10.2. The molecule has 0 amide bonds. The largest absolute Gasteiger partial charge is 0.534 e. The molecule has 0 saturated carbocycles. The molecule has 0 fully saturated rings. The van der Waals surface area contributed by atoms with Gasteiger partial charge in [0.05, 0.1) is 11.3 Å². The molecular formula is C10H13F3N2O3S. The predicted molar refractivity (Wildman–Crippen MR) is 62.3 cm³/mol. The third-order valence-corrected chi connectivity index (χ3v) is 3.22. The first-order valence-corrected chi connectivity index (χ1v) is 6.73. The predicted octanol–water partition coefficient (Wildman–Crippen LogP) is 2.21. The summed E-state index contributed by atoms with van der Waals surface area (Å²) in [5, 5.41) is 4.01. The second-order valence-corrected chi connectivity index (χ2v) is 5.19. The van der Waals surface area contributed by atoms with Crippen LogP contribution in [0.3, 0.4) is 0 Å². The average Bonchev–Trinajstić information content (AvgIpc) is 2.65. The van der Waals surface area contributed by atoms with Gasteiger partial charge in [-0.2, -0.15) is 26.7 Å². The Morgan fingerprint density at radius 1 is 1.53 bits per heavy atom. The first-order valence-electron chi connectivity index (χ1n) is 5.32. The monoisotopic (exact) mass is 298 g/mol. The van der Waals surface area contributed by atoms with Gasteiger partial charge in [0.2, 0.25) is 0 Å². The summed E-state index contributed by atoms with van der Waals surface area (Å²) in [6.07, 6.45) is 2.99. The number of aromatic nitrogens is 2. The molecule has 1 aromatic heterocycles. The van der Waals surface area contributed by atoms with Crippen molar-refractivity contribution >= 4 is 15.9 Å². The number of alkyl halides is 3. The zero-order valence-corrected chi connectivity index (χ0v) is 11.3. The molecule has 1 aromatic rings. The molecule has 0 aliphatic rings. The molecule has 1 heterocycles. The maximum absolute atomic E-state index is 12.3. The van der Waals surface area contributed by atoms with E-state index in [2.05, 4.69) is 9.28 Å². The van der Waals surface area contributed by atoms with Gasteiger partial charge in [0, 0.05) is 13.2 Å². The molecule has 9 heteroatoms. The molecule has 0 N–H and O–H groups in total. The van der Waals surface area contributed by atoms with Crippen molar-refractivity contribution in [3.05, 3.63) is 23.5 Å². The van der Waals surface area contributed by atoms with Gasteiger partial charge in [-0.05, 0) is 19.4 Å². The lowest BCUT2D eigenvalue weighted by molar-refractivity contribution is -0.0509. The van der Waals surface area contributed by atoms with Crippen LogP contribution >= 0.6 is 0 Å². The van der Waals surface area contributed by atoms with E-state index in [-0.39, 0.29) is 11.3 Å². The fourth-order valence-electron chi connectivity index (χ4n) is 1.42. The van der Waals surface area contributed by atoms with E-state index in [1.165, 1.54) is 17.8 Å². The summed E-state index contributed by atoms with van der Waals surface area (Å²) in [6.45, 7) is 3.13. The SMILES string of the molecule is C/C=C(/OS(=O)(=O)C(F)(F)F)c1cn(C)nc1CC. The summed E-state index contributed by atoms with van der Waals surface area (Å²) in [6, 6.07) is 0. The highest BCUT2D eigenvalue weighted by molar-refractivity contribution is 7.87. The normalized spacial score (nSPS) is 13.7. The zero-order chi connectivity index (χ0) is 14.8. The Bertz CT molecular complexity index is 588. The van der Waals surface area contributed by atoms with Crippen molar-refractivity contribution in [3.63, 3.8) is 0 Å². The van der Waals surface area contributed by atoms with E-state index in [4.69, 9.17) is 0 Å². The lowest BCUT2D eigenvalue weighted by Crippen LogP contribution is -2.25. The number of nitrogens with zero attached hydrogens (tertiary/aromatic N) is 2. The van der Waals surface area contributed by atoms with Gasteiger partial charge in [-0.25, -0.2) is 0 Å². The molecule has 0 atom stereocenters. The fraction of sp³-hybridized carbons (Fsp3) is 0.500. The second-order valence-electron chi connectivity index (χ2n) is 3.65. The molecule has 0 aliphatic heterocycles. The minimum atomic E-state index is -5.68. The van der Waals surface area contributed by atoms with Crippen molar-refractivity contribution < 1.29 is 25.8 Å². The van der Waals surface area contributed by atoms with Crippen LogP contribution in [-0.4, -0.2) is 23.7 Å². The van der Waals surface area contributed by atoms with Crippen LogP contribution in [0.15, 0.2) is 12.3 Å². The van der Waals surface area contributed by atoms with Gasteiger partial charge in [-0.3, -0.25) is 4.68 Å². The highest BCUT2D eigenvalue weighted by Gasteiger charge is 2.49. The molecule has 5 nitrogen and oxygen atoms in total. The van der Waals surface area contributed by atoms with E-state index < -0.39 is 15.6 Å². The summed E-state index contributed by atoms with van der Waals surface area (Å²) < 4.78 is 64.3. The molecular weight excluding hydrogens is 285 g/mol. The molecule has 0 aromatic carbocycles. The lowest BCUT2D eigenvalue weighted by Gasteiger charge is -2.11. The molecule has 0 aliphatic carbocycles. The standard InChI is InChI=1S/C10H13F3N2O3S/c1-4-8-7(6-15(3)14-8)9(5-2)18-19(16,17)10(11,12)13/h5-6H,4H2,1-3H3/b9-5+. The maximum atomic E-state index is 12.3. The van der Waals surface area contributed by atoms with Gasteiger partial charge < -0.3 is 4.18 Å². The van der Waals surface area contributed by atoms with Crippen molar-refractivity contribution in [1.82, 2.24) is 9.78 Å². The summed E-state index contributed by atoms with van der Waals surface area (Å²) >= 11 is 0. The van der Waals surface area contributed by atoms with Gasteiger partial charge in [0.25, 0.3) is 0 Å². The van der Waals surface area contributed by atoms with Crippen molar-refractivity contribution in [2.24, 2.45) is 7.05 Å². The van der Waals surface area contributed by atoms with Crippen LogP contribution < -0.4 is 0 Å². The maximum Gasteiger partial charge on any atom is 0.534 e. The molecule has 19 heavy (non-hydrogen) atoms. The van der Waals surface area contributed by atoms with E-state index in [9.17, 15) is 21.6 Å². The molecule has 0 spiro atoms. The smallest absolute Gasteiger partial charge is 0.376 e. The van der Waals surface area contributed by atoms with E-state index in [1.807, 2.05) is 0 Å². The third-order valence-electron chi connectivity index (χ3n) is 2.25. The molecule has 1 rings (SSSR count). The minimum absolute atomic E-state index is 0.223. The molecule has 0 saturated heterocycles. The van der Waals surface area contributed by atoms with Gasteiger partial charge >= 0.3 is 15.6 Å². The number of hydrogen-bond acceptors (Lipinski definition) is 4. The second kappa shape index (κ2) is 5.24. The van der Waals surface area contributed by atoms with Gasteiger partial charge in [-0.1, -0.05) is 6.92 Å². The molecule has 0 bridgehead atoms. The number of allylic oxidation sites excluding steroid dienone is 1. The summed E-state index contributed by atoms with van der Waals surface area (Å²) in [7, 11) is -4.10. The highest BCUT2D eigenvalue weighted by atomic mass is 32.2. The van der Waals surface area contributed by atoms with Crippen LogP contribution in [-0.2, 0) is 27.8 Å². The molecule has 0 unspecified atom stereocenters. The number of hydrogen-bond donors (Lipinski definition) is 0. The number of aryl methyl sites for hydroxylation is 2. The van der Waals surface area contributed by atoms with E-state index >= 15 is 0 Å². The summed E-state index contributed by atoms with van der Waals surface area (Å²) in [5.41, 5.74) is -4.79. The van der Waals surface area contributed by atoms with Gasteiger partial charge in [0.15, 0.2) is 0 Å². The number of halogens is 3. The van der Waals surface area contributed by atoms with Crippen LogP contribution in [0.25, 0.3) is 5.76 Å². The Balaban J connectivity index is 3.18. The first kappa shape index (κ1) is 15.5. The van der Waals surface area contributed by atoms with E-state index in [0.717, 1.165) is 6.08 Å². The molecule has 0 radical (unpaired) electrons. The van der Waals surface area contributed by atoms with E-state index in [1.54, 1.807) is 14.0 Å². The fourth-order valence-corrected chi connectivity index (χ4v) is 1.93. The van der Waals surface area contributed by atoms with Gasteiger partial charge in [0.1, 0.15) is 5.76 Å². The summed E-state index contributed by atoms with van der Waals surface area (Å²) in [5.74, 6) is -0.387. The first-order chi connectivity index (χ1) is 8.62. The Kier molecular flexibility index (Phi) is 4.28.